The monoisotopic (exact) mass is 396 g/mol. The third kappa shape index (κ3) is 3.54. The van der Waals surface area contributed by atoms with Gasteiger partial charge in [0.1, 0.15) is 5.52 Å². The minimum atomic E-state index is -0.340. The van der Waals surface area contributed by atoms with Gasteiger partial charge < -0.3 is 9.73 Å². The molecule has 0 fully saturated rings. The number of aromatic nitrogens is 1. The molecule has 4 rings (SSSR count). The van der Waals surface area contributed by atoms with E-state index < -0.39 is 0 Å². The lowest BCUT2D eigenvalue weighted by atomic mass is 10.1. The molecule has 0 atom stereocenters. The Hall–Kier alpha value is -2.82. The Morgan fingerprint density at radius 3 is 2.63 bits per heavy atom. The average Bonchev–Trinajstić information content (AvgIpc) is 3.07. The summed E-state index contributed by atoms with van der Waals surface area (Å²) in [5.74, 6) is 0.119. The van der Waals surface area contributed by atoms with Crippen molar-refractivity contribution in [3.05, 3.63) is 81.8 Å². The molecule has 3 aromatic carbocycles. The molecule has 0 bridgehead atoms. The Labute approximate surface area is 165 Å². The summed E-state index contributed by atoms with van der Waals surface area (Å²) in [6.45, 7) is 2.00. The molecule has 0 radical (unpaired) electrons. The van der Waals surface area contributed by atoms with Crippen LogP contribution in [0.1, 0.15) is 15.9 Å². The van der Waals surface area contributed by atoms with Crippen molar-refractivity contribution < 1.29 is 9.21 Å². The predicted octanol–water partition coefficient (Wildman–Crippen LogP) is 6.36. The number of carbonyl (C=O) groups excluding carboxylic acids is 1. The number of nitrogens with zero attached hydrogens (tertiary/aromatic N) is 1. The number of fused-ring (bicyclic) bond motifs is 1. The zero-order valence-electron chi connectivity index (χ0n) is 14.3. The highest BCUT2D eigenvalue weighted by Crippen LogP contribution is 2.31. The van der Waals surface area contributed by atoms with E-state index in [4.69, 9.17) is 27.6 Å². The molecule has 0 unspecified atom stereocenters. The van der Waals surface area contributed by atoms with Gasteiger partial charge in [0.15, 0.2) is 5.58 Å². The van der Waals surface area contributed by atoms with Gasteiger partial charge in [0.05, 0.1) is 21.3 Å². The van der Waals surface area contributed by atoms with Crippen LogP contribution < -0.4 is 5.32 Å². The highest BCUT2D eigenvalue weighted by molar-refractivity contribution is 6.36. The molecule has 0 saturated carbocycles. The first-order chi connectivity index (χ1) is 13.0. The standard InChI is InChI=1S/C21H14Cl2N2O2/c1-12-6-9-19-18(10-12)25-21(27-19)13-7-8-16(23)17(11-13)24-20(26)14-4-2-3-5-15(14)22/h2-11H,1H3,(H,24,26). The Morgan fingerprint density at radius 2 is 1.81 bits per heavy atom. The summed E-state index contributed by atoms with van der Waals surface area (Å²) in [5.41, 5.74) is 4.12. The van der Waals surface area contributed by atoms with E-state index in [2.05, 4.69) is 10.3 Å². The Kier molecular flexibility index (Phi) is 4.60. The fourth-order valence-corrected chi connectivity index (χ4v) is 3.14. The molecule has 1 heterocycles. The van der Waals surface area contributed by atoms with Crippen LogP contribution >= 0.6 is 23.2 Å². The minimum Gasteiger partial charge on any atom is -0.436 e. The number of oxazole rings is 1. The second kappa shape index (κ2) is 7.06. The van der Waals surface area contributed by atoms with Crippen LogP contribution in [0.5, 0.6) is 0 Å². The van der Waals surface area contributed by atoms with Crippen LogP contribution in [-0.4, -0.2) is 10.9 Å². The zero-order chi connectivity index (χ0) is 19.0. The van der Waals surface area contributed by atoms with E-state index in [0.29, 0.717) is 38.3 Å². The lowest BCUT2D eigenvalue weighted by Crippen LogP contribution is -2.12. The SMILES string of the molecule is Cc1ccc2oc(-c3ccc(Cl)c(NC(=O)c4ccccc4Cl)c3)nc2c1. The summed E-state index contributed by atoms with van der Waals surface area (Å²) in [4.78, 5) is 17.0. The van der Waals surface area contributed by atoms with Crippen LogP contribution in [0.25, 0.3) is 22.6 Å². The lowest BCUT2D eigenvalue weighted by Gasteiger charge is -2.09. The van der Waals surface area contributed by atoms with Crippen LogP contribution in [-0.2, 0) is 0 Å². The number of hydrogen-bond donors (Lipinski definition) is 1. The first kappa shape index (κ1) is 17.6. The molecule has 134 valence electrons. The van der Waals surface area contributed by atoms with Crippen molar-refractivity contribution in [2.45, 2.75) is 6.92 Å². The second-order valence-corrected chi connectivity index (χ2v) is 6.93. The van der Waals surface area contributed by atoms with E-state index in [1.807, 2.05) is 25.1 Å². The molecule has 0 aliphatic carbocycles. The van der Waals surface area contributed by atoms with Crippen molar-refractivity contribution in [3.8, 4) is 11.5 Å². The number of benzene rings is 3. The number of anilines is 1. The van der Waals surface area contributed by atoms with Gasteiger partial charge in [-0.25, -0.2) is 4.98 Å². The van der Waals surface area contributed by atoms with E-state index in [1.165, 1.54) is 0 Å². The molecule has 4 aromatic rings. The maximum absolute atomic E-state index is 12.5. The molecule has 0 aliphatic heterocycles. The highest BCUT2D eigenvalue weighted by atomic mass is 35.5. The number of aryl methyl sites for hydroxylation is 1. The molecular formula is C21H14Cl2N2O2. The van der Waals surface area contributed by atoms with Crippen LogP contribution in [0.15, 0.2) is 65.1 Å². The van der Waals surface area contributed by atoms with Crippen molar-refractivity contribution in [1.82, 2.24) is 4.98 Å². The zero-order valence-corrected chi connectivity index (χ0v) is 15.8. The predicted molar refractivity (Wildman–Crippen MR) is 109 cm³/mol. The quantitative estimate of drug-likeness (QED) is 0.438. The van der Waals surface area contributed by atoms with Gasteiger partial charge in [0, 0.05) is 5.56 Å². The van der Waals surface area contributed by atoms with Gasteiger partial charge in [-0.1, -0.05) is 41.4 Å². The lowest BCUT2D eigenvalue weighted by molar-refractivity contribution is 0.102. The summed E-state index contributed by atoms with van der Waals surface area (Å²) < 4.78 is 5.82. The van der Waals surface area contributed by atoms with E-state index in [9.17, 15) is 4.79 Å². The number of hydrogen-bond acceptors (Lipinski definition) is 3. The van der Waals surface area contributed by atoms with Gasteiger partial charge in [0.25, 0.3) is 5.91 Å². The fraction of sp³-hybridized carbons (Fsp3) is 0.0476. The van der Waals surface area contributed by atoms with Crippen LogP contribution in [0, 0.1) is 6.92 Å². The first-order valence-electron chi connectivity index (χ1n) is 8.24. The Balaban J connectivity index is 1.68. The minimum absolute atomic E-state index is 0.340. The van der Waals surface area contributed by atoms with E-state index in [0.717, 1.165) is 11.1 Å². The molecule has 0 spiro atoms. The highest BCUT2D eigenvalue weighted by Gasteiger charge is 2.14. The third-order valence-electron chi connectivity index (χ3n) is 4.12. The normalized spacial score (nSPS) is 10.9. The van der Waals surface area contributed by atoms with E-state index in [-0.39, 0.29) is 5.91 Å². The molecule has 1 N–H and O–H groups in total. The molecule has 1 aromatic heterocycles. The number of rotatable bonds is 3. The molecule has 0 saturated heterocycles. The molecule has 27 heavy (non-hydrogen) atoms. The fourth-order valence-electron chi connectivity index (χ4n) is 2.75. The number of carbonyl (C=O) groups is 1. The summed E-state index contributed by atoms with van der Waals surface area (Å²) in [7, 11) is 0. The van der Waals surface area contributed by atoms with E-state index in [1.54, 1.807) is 42.5 Å². The van der Waals surface area contributed by atoms with Gasteiger partial charge in [-0.15, -0.1) is 0 Å². The van der Waals surface area contributed by atoms with Gasteiger partial charge in [-0.2, -0.15) is 0 Å². The van der Waals surface area contributed by atoms with Crippen LogP contribution in [0.4, 0.5) is 5.69 Å². The number of nitrogens with one attached hydrogen (secondary N) is 1. The Morgan fingerprint density at radius 1 is 1.00 bits per heavy atom. The number of halogens is 2. The van der Waals surface area contributed by atoms with Gasteiger partial charge in [0.2, 0.25) is 5.89 Å². The van der Waals surface area contributed by atoms with Crippen molar-refractivity contribution in [2.24, 2.45) is 0 Å². The summed E-state index contributed by atoms with van der Waals surface area (Å²) in [5, 5.41) is 3.58. The van der Waals surface area contributed by atoms with Crippen LogP contribution in [0.2, 0.25) is 10.0 Å². The maximum atomic E-state index is 12.5. The number of amides is 1. The topological polar surface area (TPSA) is 55.1 Å². The second-order valence-electron chi connectivity index (χ2n) is 6.12. The van der Waals surface area contributed by atoms with Gasteiger partial charge in [-0.05, 0) is 55.0 Å². The Bertz CT molecular complexity index is 1170. The summed E-state index contributed by atoms with van der Waals surface area (Å²) >= 11 is 12.3. The first-order valence-corrected chi connectivity index (χ1v) is 9.00. The van der Waals surface area contributed by atoms with Crippen molar-refractivity contribution in [2.75, 3.05) is 5.32 Å². The molecular weight excluding hydrogens is 383 g/mol. The molecule has 4 nitrogen and oxygen atoms in total. The average molecular weight is 397 g/mol. The van der Waals surface area contributed by atoms with Crippen molar-refractivity contribution in [3.63, 3.8) is 0 Å². The van der Waals surface area contributed by atoms with Crippen molar-refractivity contribution >= 4 is 45.9 Å². The molecule has 0 aliphatic rings. The molecule has 6 heteroatoms. The smallest absolute Gasteiger partial charge is 0.257 e. The third-order valence-corrected chi connectivity index (χ3v) is 4.78. The largest absolute Gasteiger partial charge is 0.436 e. The van der Waals surface area contributed by atoms with Gasteiger partial charge >= 0.3 is 0 Å². The van der Waals surface area contributed by atoms with Crippen molar-refractivity contribution in [1.29, 1.82) is 0 Å². The summed E-state index contributed by atoms with van der Waals surface area (Å²) in [6.07, 6.45) is 0. The van der Waals surface area contributed by atoms with Crippen LogP contribution in [0.3, 0.4) is 0 Å². The maximum Gasteiger partial charge on any atom is 0.257 e. The summed E-state index contributed by atoms with van der Waals surface area (Å²) in [6, 6.07) is 17.9. The molecule has 1 amide bonds. The van der Waals surface area contributed by atoms with E-state index >= 15 is 0 Å². The van der Waals surface area contributed by atoms with Gasteiger partial charge in [-0.3, -0.25) is 4.79 Å².